The molecular weight excluding hydrogens is 390 g/mol. The highest BCUT2D eigenvalue weighted by Gasteiger charge is 2.15. The van der Waals surface area contributed by atoms with Crippen LogP contribution < -0.4 is 15.4 Å². The van der Waals surface area contributed by atoms with E-state index in [0.29, 0.717) is 18.0 Å². The van der Waals surface area contributed by atoms with E-state index in [1.54, 1.807) is 24.1 Å². The van der Waals surface area contributed by atoms with Crippen LogP contribution in [0.5, 0.6) is 5.75 Å². The SMILES string of the molecule is CCN(CC(=O)Nc1ccc(-c2ccccc2)cc1)CC(=O)Nc1ccccc1OC. The van der Waals surface area contributed by atoms with E-state index in [2.05, 4.69) is 10.6 Å². The van der Waals surface area contributed by atoms with Crippen molar-refractivity contribution in [2.24, 2.45) is 0 Å². The summed E-state index contributed by atoms with van der Waals surface area (Å²) in [4.78, 5) is 26.7. The van der Waals surface area contributed by atoms with E-state index in [9.17, 15) is 9.59 Å². The molecule has 0 aliphatic heterocycles. The molecule has 0 aliphatic rings. The van der Waals surface area contributed by atoms with Crippen molar-refractivity contribution in [1.29, 1.82) is 0 Å². The summed E-state index contributed by atoms with van der Waals surface area (Å²) in [5.41, 5.74) is 3.54. The quantitative estimate of drug-likeness (QED) is 0.546. The summed E-state index contributed by atoms with van der Waals surface area (Å²) in [7, 11) is 1.56. The number of nitrogens with one attached hydrogen (secondary N) is 2. The first kappa shape index (κ1) is 22.1. The number of para-hydroxylation sites is 2. The van der Waals surface area contributed by atoms with E-state index in [1.807, 2.05) is 73.7 Å². The first-order valence-corrected chi connectivity index (χ1v) is 10.2. The summed E-state index contributed by atoms with van der Waals surface area (Å²) in [5.74, 6) is 0.223. The van der Waals surface area contributed by atoms with Crippen molar-refractivity contribution in [2.75, 3.05) is 37.4 Å². The number of carbonyl (C=O) groups excluding carboxylic acids is 2. The molecule has 6 nitrogen and oxygen atoms in total. The van der Waals surface area contributed by atoms with Gasteiger partial charge in [0.15, 0.2) is 0 Å². The van der Waals surface area contributed by atoms with Crippen LogP contribution in [0.4, 0.5) is 11.4 Å². The Bertz CT molecular complexity index is 1000. The van der Waals surface area contributed by atoms with Crippen molar-refractivity contribution >= 4 is 23.2 Å². The molecule has 160 valence electrons. The van der Waals surface area contributed by atoms with Crippen LogP contribution in [0.2, 0.25) is 0 Å². The minimum absolute atomic E-state index is 0.106. The Labute approximate surface area is 182 Å². The van der Waals surface area contributed by atoms with Gasteiger partial charge in [0, 0.05) is 5.69 Å². The zero-order valence-corrected chi connectivity index (χ0v) is 17.8. The molecule has 0 aromatic heterocycles. The van der Waals surface area contributed by atoms with E-state index in [0.717, 1.165) is 16.8 Å². The largest absolute Gasteiger partial charge is 0.495 e. The molecule has 31 heavy (non-hydrogen) atoms. The molecule has 3 aromatic carbocycles. The van der Waals surface area contributed by atoms with Crippen LogP contribution in [0.25, 0.3) is 11.1 Å². The fourth-order valence-electron chi connectivity index (χ4n) is 3.20. The molecule has 3 rings (SSSR count). The summed E-state index contributed by atoms with van der Waals surface area (Å²) in [6.45, 7) is 2.71. The van der Waals surface area contributed by atoms with E-state index in [1.165, 1.54) is 0 Å². The Morgan fingerprint density at radius 1 is 0.774 bits per heavy atom. The van der Waals surface area contributed by atoms with Crippen LogP contribution in [-0.2, 0) is 9.59 Å². The molecule has 0 atom stereocenters. The topological polar surface area (TPSA) is 70.7 Å². The highest BCUT2D eigenvalue weighted by atomic mass is 16.5. The predicted molar refractivity (Wildman–Crippen MR) is 124 cm³/mol. The predicted octanol–water partition coefficient (Wildman–Crippen LogP) is 4.26. The summed E-state index contributed by atoms with van der Waals surface area (Å²) in [6, 6.07) is 25.0. The zero-order valence-electron chi connectivity index (χ0n) is 17.8. The lowest BCUT2D eigenvalue weighted by Crippen LogP contribution is -2.38. The van der Waals surface area contributed by atoms with Crippen LogP contribution in [-0.4, -0.2) is 43.5 Å². The average molecular weight is 418 g/mol. The van der Waals surface area contributed by atoms with Crippen molar-refractivity contribution in [1.82, 2.24) is 4.90 Å². The minimum Gasteiger partial charge on any atom is -0.495 e. The van der Waals surface area contributed by atoms with Crippen molar-refractivity contribution in [3.63, 3.8) is 0 Å². The van der Waals surface area contributed by atoms with Gasteiger partial charge in [-0.25, -0.2) is 0 Å². The lowest BCUT2D eigenvalue weighted by atomic mass is 10.1. The van der Waals surface area contributed by atoms with Gasteiger partial charge in [0.1, 0.15) is 5.75 Å². The molecule has 0 heterocycles. The first-order chi connectivity index (χ1) is 15.1. The van der Waals surface area contributed by atoms with Gasteiger partial charge in [0.2, 0.25) is 11.8 Å². The van der Waals surface area contributed by atoms with Crippen molar-refractivity contribution in [2.45, 2.75) is 6.92 Å². The third kappa shape index (κ3) is 6.42. The van der Waals surface area contributed by atoms with Gasteiger partial charge in [-0.2, -0.15) is 0 Å². The molecule has 2 amide bonds. The van der Waals surface area contributed by atoms with Crippen molar-refractivity contribution < 1.29 is 14.3 Å². The van der Waals surface area contributed by atoms with Gasteiger partial charge in [-0.3, -0.25) is 14.5 Å². The highest BCUT2D eigenvalue weighted by molar-refractivity contribution is 5.95. The number of rotatable bonds is 9. The number of likely N-dealkylation sites (N-methyl/N-ethyl adjacent to an activating group) is 1. The Morgan fingerprint density at radius 2 is 1.35 bits per heavy atom. The summed E-state index contributed by atoms with van der Waals surface area (Å²) < 4.78 is 5.25. The second-order valence-corrected chi connectivity index (χ2v) is 7.04. The number of anilines is 2. The van der Waals surface area contributed by atoms with Gasteiger partial charge in [0.05, 0.1) is 25.9 Å². The molecular formula is C25H27N3O3. The maximum atomic E-state index is 12.5. The third-order valence-electron chi connectivity index (χ3n) is 4.84. The van der Waals surface area contributed by atoms with E-state index < -0.39 is 0 Å². The Balaban J connectivity index is 1.53. The number of hydrogen-bond donors (Lipinski definition) is 2. The molecule has 0 saturated heterocycles. The summed E-state index contributed by atoms with van der Waals surface area (Å²) in [6.07, 6.45) is 0. The molecule has 6 heteroatoms. The van der Waals surface area contributed by atoms with Crippen LogP contribution in [0.15, 0.2) is 78.9 Å². The standard InChI is InChI=1S/C25H27N3O3/c1-3-28(18-25(30)27-22-11-7-8-12-23(22)31-2)17-24(29)26-21-15-13-20(14-16-21)19-9-5-4-6-10-19/h4-16H,3,17-18H2,1-2H3,(H,26,29)(H,27,30). The molecule has 2 N–H and O–H groups in total. The fraction of sp³-hybridized carbons (Fsp3) is 0.200. The van der Waals surface area contributed by atoms with Crippen molar-refractivity contribution in [3.05, 3.63) is 78.9 Å². The molecule has 3 aromatic rings. The van der Waals surface area contributed by atoms with Gasteiger partial charge in [-0.05, 0) is 41.9 Å². The van der Waals surface area contributed by atoms with Gasteiger partial charge < -0.3 is 15.4 Å². The van der Waals surface area contributed by atoms with Gasteiger partial charge in [-0.15, -0.1) is 0 Å². The number of hydrogen-bond acceptors (Lipinski definition) is 4. The van der Waals surface area contributed by atoms with E-state index in [4.69, 9.17) is 4.74 Å². The molecule has 0 unspecified atom stereocenters. The number of amides is 2. The lowest BCUT2D eigenvalue weighted by molar-refractivity contribution is -0.119. The molecule has 0 aliphatic carbocycles. The first-order valence-electron chi connectivity index (χ1n) is 10.2. The Kier molecular flexibility index (Phi) is 7.79. The normalized spacial score (nSPS) is 10.5. The number of carbonyl (C=O) groups is 2. The van der Waals surface area contributed by atoms with Crippen molar-refractivity contribution in [3.8, 4) is 16.9 Å². The Hall–Kier alpha value is -3.64. The monoisotopic (exact) mass is 417 g/mol. The van der Waals surface area contributed by atoms with E-state index >= 15 is 0 Å². The molecule has 0 radical (unpaired) electrons. The molecule has 0 fully saturated rings. The Morgan fingerprint density at radius 3 is 2.00 bits per heavy atom. The second-order valence-electron chi connectivity index (χ2n) is 7.04. The number of benzene rings is 3. The number of methoxy groups -OCH3 is 1. The fourth-order valence-corrected chi connectivity index (χ4v) is 3.20. The molecule has 0 spiro atoms. The average Bonchev–Trinajstić information content (AvgIpc) is 2.80. The van der Waals surface area contributed by atoms with Crippen LogP contribution in [0.1, 0.15) is 6.92 Å². The maximum Gasteiger partial charge on any atom is 0.238 e. The number of nitrogens with zero attached hydrogens (tertiary/aromatic N) is 1. The summed E-state index contributed by atoms with van der Waals surface area (Å²) in [5, 5.41) is 5.73. The molecule has 0 saturated carbocycles. The van der Waals surface area contributed by atoms with E-state index in [-0.39, 0.29) is 24.9 Å². The van der Waals surface area contributed by atoms with Gasteiger partial charge in [0.25, 0.3) is 0 Å². The zero-order chi connectivity index (χ0) is 22.1. The maximum absolute atomic E-state index is 12.5. The van der Waals surface area contributed by atoms with Gasteiger partial charge in [-0.1, -0.05) is 61.5 Å². The van der Waals surface area contributed by atoms with Crippen LogP contribution >= 0.6 is 0 Å². The number of ether oxygens (including phenoxy) is 1. The second kappa shape index (κ2) is 10.9. The lowest BCUT2D eigenvalue weighted by Gasteiger charge is -2.20. The minimum atomic E-state index is -0.202. The summed E-state index contributed by atoms with van der Waals surface area (Å²) >= 11 is 0. The van der Waals surface area contributed by atoms with Gasteiger partial charge >= 0.3 is 0 Å². The van der Waals surface area contributed by atoms with Crippen LogP contribution in [0, 0.1) is 0 Å². The highest BCUT2D eigenvalue weighted by Crippen LogP contribution is 2.23. The molecule has 0 bridgehead atoms. The van der Waals surface area contributed by atoms with Crippen LogP contribution in [0.3, 0.4) is 0 Å². The smallest absolute Gasteiger partial charge is 0.238 e. The third-order valence-corrected chi connectivity index (χ3v) is 4.84.